The van der Waals surface area contributed by atoms with Gasteiger partial charge in [0.2, 0.25) is 0 Å². The first-order valence-corrected chi connectivity index (χ1v) is 4.91. The lowest BCUT2D eigenvalue weighted by atomic mass is 10.4. The molecule has 0 aliphatic heterocycles. The molecular weight excluding hydrogens is 215 g/mol. The summed E-state index contributed by atoms with van der Waals surface area (Å²) < 4.78 is 14.6. The van der Waals surface area contributed by atoms with Crippen LogP contribution in [-0.4, -0.2) is 19.5 Å². The molecule has 0 atom stereocenters. The summed E-state index contributed by atoms with van der Waals surface area (Å²) in [4.78, 5) is 40.3. The van der Waals surface area contributed by atoms with Gasteiger partial charge >= 0.3 is 13.5 Å². The molecule has 0 unspecified atom stereocenters. The number of rotatable bonds is 2. The lowest BCUT2D eigenvalue weighted by Gasteiger charge is -2.07. The van der Waals surface area contributed by atoms with Gasteiger partial charge in [-0.05, 0) is 6.92 Å². The van der Waals surface area contributed by atoms with E-state index in [-0.39, 0.29) is 10.3 Å². The number of H-pyrrole nitrogens is 1. The van der Waals surface area contributed by atoms with E-state index in [9.17, 15) is 14.2 Å². The second-order valence-electron chi connectivity index (χ2n) is 2.47. The average molecular weight is 222 g/mol. The van der Waals surface area contributed by atoms with Gasteiger partial charge in [-0.25, -0.2) is 9.36 Å². The number of phosphoric acid groups is 1. The lowest BCUT2D eigenvalue weighted by Crippen LogP contribution is -2.33. The second-order valence-corrected chi connectivity index (χ2v) is 3.61. The molecular formula is C5H7N2O6P. The Morgan fingerprint density at radius 2 is 2.07 bits per heavy atom. The van der Waals surface area contributed by atoms with Crippen molar-refractivity contribution < 1.29 is 19.0 Å². The summed E-state index contributed by atoms with van der Waals surface area (Å²) >= 11 is 0. The van der Waals surface area contributed by atoms with Crippen molar-refractivity contribution >= 4 is 7.82 Å². The second kappa shape index (κ2) is 3.41. The minimum Gasteiger partial charge on any atom is -0.307 e. The molecule has 0 aliphatic rings. The molecule has 3 N–H and O–H groups in total. The number of nitrogens with one attached hydrogen (secondary N) is 1. The molecule has 1 aromatic rings. The number of aryl methyl sites for hydroxylation is 1. The van der Waals surface area contributed by atoms with E-state index in [1.165, 1.54) is 6.92 Å². The summed E-state index contributed by atoms with van der Waals surface area (Å²) in [7, 11) is -4.81. The van der Waals surface area contributed by atoms with Gasteiger partial charge in [0.05, 0.1) is 6.20 Å². The van der Waals surface area contributed by atoms with Gasteiger partial charge in [0.15, 0.2) is 0 Å². The van der Waals surface area contributed by atoms with E-state index in [1.54, 1.807) is 0 Å². The van der Waals surface area contributed by atoms with E-state index in [0.29, 0.717) is 0 Å². The van der Waals surface area contributed by atoms with Crippen LogP contribution in [0, 0.1) is 6.92 Å². The molecule has 78 valence electrons. The van der Waals surface area contributed by atoms with Gasteiger partial charge in [-0.3, -0.25) is 19.6 Å². The Bertz CT molecular complexity index is 496. The summed E-state index contributed by atoms with van der Waals surface area (Å²) in [5.74, 6) is 0. The molecule has 0 amide bonds. The molecule has 0 aliphatic carbocycles. The highest BCUT2D eigenvalue weighted by Gasteiger charge is 2.17. The van der Waals surface area contributed by atoms with E-state index in [4.69, 9.17) is 9.79 Å². The number of hydrogen-bond acceptors (Lipinski definition) is 4. The molecule has 0 radical (unpaired) electrons. The number of nitrogens with zero attached hydrogens (tertiary/aromatic N) is 1. The van der Waals surface area contributed by atoms with Crippen molar-refractivity contribution in [2.24, 2.45) is 0 Å². The average Bonchev–Trinajstić information content (AvgIpc) is 1.97. The lowest BCUT2D eigenvalue weighted by molar-refractivity contribution is 0.167. The minimum absolute atomic E-state index is 0.0954. The quantitative estimate of drug-likeness (QED) is 0.516. The van der Waals surface area contributed by atoms with Gasteiger partial charge in [0.25, 0.3) is 5.56 Å². The molecule has 9 heteroatoms. The van der Waals surface area contributed by atoms with Crippen molar-refractivity contribution in [2.45, 2.75) is 6.92 Å². The van der Waals surface area contributed by atoms with Crippen LogP contribution < -0.4 is 15.9 Å². The van der Waals surface area contributed by atoms with E-state index in [0.717, 1.165) is 6.20 Å². The normalized spacial score (nSPS) is 11.4. The SMILES string of the molecule is Cc1cn(OP(=O)(O)O)c(=O)[nH]c1=O. The predicted molar refractivity (Wildman–Crippen MR) is 44.7 cm³/mol. The Morgan fingerprint density at radius 3 is 2.57 bits per heavy atom. The summed E-state index contributed by atoms with van der Waals surface area (Å²) in [6.07, 6.45) is 0.889. The first-order chi connectivity index (χ1) is 6.29. The Hall–Kier alpha value is -1.37. The molecule has 0 bridgehead atoms. The molecule has 0 spiro atoms. The van der Waals surface area contributed by atoms with Crippen LogP contribution in [0.25, 0.3) is 0 Å². The smallest absolute Gasteiger partial charge is 0.307 e. The first-order valence-electron chi connectivity index (χ1n) is 3.38. The topological polar surface area (TPSA) is 122 Å². The summed E-state index contributed by atoms with van der Waals surface area (Å²) in [5, 5.41) is 0. The van der Waals surface area contributed by atoms with Crippen LogP contribution in [0.15, 0.2) is 15.8 Å². The molecule has 0 fully saturated rings. The van der Waals surface area contributed by atoms with Crippen molar-refractivity contribution in [2.75, 3.05) is 0 Å². The van der Waals surface area contributed by atoms with E-state index < -0.39 is 19.1 Å². The molecule has 0 saturated heterocycles. The largest absolute Gasteiger partial charge is 0.544 e. The fraction of sp³-hybridized carbons (Fsp3) is 0.200. The van der Waals surface area contributed by atoms with Crippen molar-refractivity contribution in [1.82, 2.24) is 9.71 Å². The fourth-order valence-electron chi connectivity index (χ4n) is 0.719. The van der Waals surface area contributed by atoms with Gasteiger partial charge in [-0.15, -0.1) is 4.73 Å². The molecule has 1 aromatic heterocycles. The Balaban J connectivity index is 3.24. The number of hydrogen-bond donors (Lipinski definition) is 3. The van der Waals surface area contributed by atoms with E-state index in [1.807, 2.05) is 4.98 Å². The van der Waals surface area contributed by atoms with Crippen LogP contribution in [-0.2, 0) is 4.57 Å². The van der Waals surface area contributed by atoms with Crippen LogP contribution in [0.2, 0.25) is 0 Å². The molecule has 0 aromatic carbocycles. The maximum absolute atomic E-state index is 10.9. The molecule has 8 nitrogen and oxygen atoms in total. The van der Waals surface area contributed by atoms with E-state index in [2.05, 4.69) is 4.62 Å². The van der Waals surface area contributed by atoms with Crippen LogP contribution in [0.4, 0.5) is 0 Å². The summed E-state index contributed by atoms with van der Waals surface area (Å²) in [6.45, 7) is 1.36. The number of aromatic nitrogens is 2. The molecule has 14 heavy (non-hydrogen) atoms. The summed E-state index contributed by atoms with van der Waals surface area (Å²) in [6, 6.07) is 0. The Labute approximate surface area is 77.0 Å². The highest BCUT2D eigenvalue weighted by molar-refractivity contribution is 7.46. The maximum atomic E-state index is 10.9. The van der Waals surface area contributed by atoms with Crippen molar-refractivity contribution in [3.05, 3.63) is 32.6 Å². The summed E-state index contributed by atoms with van der Waals surface area (Å²) in [5.41, 5.74) is -1.59. The van der Waals surface area contributed by atoms with Crippen LogP contribution >= 0.6 is 7.82 Å². The molecule has 1 heterocycles. The first kappa shape index (κ1) is 10.7. The van der Waals surface area contributed by atoms with Crippen molar-refractivity contribution in [3.8, 4) is 0 Å². The van der Waals surface area contributed by atoms with Gasteiger partial charge in [-0.1, -0.05) is 0 Å². The highest BCUT2D eigenvalue weighted by atomic mass is 31.2. The van der Waals surface area contributed by atoms with E-state index >= 15 is 0 Å². The zero-order chi connectivity index (χ0) is 10.9. The fourth-order valence-corrected chi connectivity index (χ4v) is 1.07. The molecule has 0 saturated carbocycles. The third-order valence-electron chi connectivity index (χ3n) is 1.28. The standard InChI is InChI=1S/C5H7N2O6P/c1-3-2-7(13-14(10,11)12)5(9)6-4(3)8/h2H,1H3,(H,6,8,9)(H2,10,11,12). The maximum Gasteiger partial charge on any atom is 0.544 e. The third kappa shape index (κ3) is 2.56. The van der Waals surface area contributed by atoms with Crippen LogP contribution in [0.1, 0.15) is 5.56 Å². The van der Waals surface area contributed by atoms with Crippen LogP contribution in [0.5, 0.6) is 0 Å². The zero-order valence-corrected chi connectivity index (χ0v) is 7.89. The highest BCUT2D eigenvalue weighted by Crippen LogP contribution is 2.30. The Morgan fingerprint density at radius 1 is 1.50 bits per heavy atom. The number of aromatic amines is 1. The van der Waals surface area contributed by atoms with Gasteiger partial charge in [0.1, 0.15) is 0 Å². The predicted octanol–water partition coefficient (Wildman–Crippen LogP) is -1.63. The third-order valence-corrected chi connectivity index (χ3v) is 1.67. The molecule has 1 rings (SSSR count). The van der Waals surface area contributed by atoms with Crippen molar-refractivity contribution in [3.63, 3.8) is 0 Å². The minimum atomic E-state index is -4.81. The Kier molecular flexibility index (Phi) is 2.61. The van der Waals surface area contributed by atoms with Crippen molar-refractivity contribution in [1.29, 1.82) is 0 Å². The van der Waals surface area contributed by atoms with Gasteiger partial charge in [0, 0.05) is 5.56 Å². The van der Waals surface area contributed by atoms with Crippen LogP contribution in [0.3, 0.4) is 0 Å². The van der Waals surface area contributed by atoms with Gasteiger partial charge in [-0.2, -0.15) is 0 Å². The zero-order valence-electron chi connectivity index (χ0n) is 7.00. The van der Waals surface area contributed by atoms with Gasteiger partial charge < -0.3 is 4.62 Å². The monoisotopic (exact) mass is 222 g/mol.